The summed E-state index contributed by atoms with van der Waals surface area (Å²) in [5.41, 5.74) is 6.00. The largest absolute Gasteiger partial charge is 0.480 e. The summed E-state index contributed by atoms with van der Waals surface area (Å²) in [6.45, 7) is 2.35. The molecular formula is C32H31FN4O2. The summed E-state index contributed by atoms with van der Waals surface area (Å²) in [5.74, 6) is 0.232. The first kappa shape index (κ1) is 25.0. The molecule has 6 rings (SSSR count). The van der Waals surface area contributed by atoms with Crippen molar-refractivity contribution in [1.29, 1.82) is 0 Å². The number of hydrogen-bond donors (Lipinski definition) is 1. The minimum absolute atomic E-state index is 0.0343. The van der Waals surface area contributed by atoms with Crippen molar-refractivity contribution in [2.45, 2.75) is 38.6 Å². The molecule has 2 heterocycles. The summed E-state index contributed by atoms with van der Waals surface area (Å²) in [7, 11) is 1.52. The molecular weight excluding hydrogens is 491 g/mol. The normalized spacial score (nSPS) is 20.5. The van der Waals surface area contributed by atoms with Crippen LogP contribution in [0.1, 0.15) is 59.4 Å². The molecule has 1 N–H and O–H groups in total. The Balaban J connectivity index is 1.28. The fourth-order valence-corrected chi connectivity index (χ4v) is 6.31. The molecule has 2 aliphatic carbocycles. The number of nitrogens with one attached hydrogen (secondary N) is 1. The Kier molecular flexibility index (Phi) is 6.51. The molecule has 0 aliphatic heterocycles. The number of rotatable bonds is 7. The average molecular weight is 523 g/mol. The summed E-state index contributed by atoms with van der Waals surface area (Å²) >= 11 is 0. The van der Waals surface area contributed by atoms with Gasteiger partial charge in [-0.3, -0.25) is 4.79 Å². The van der Waals surface area contributed by atoms with Gasteiger partial charge >= 0.3 is 0 Å². The molecule has 39 heavy (non-hydrogen) atoms. The number of carbonyl (C=O) groups is 1. The van der Waals surface area contributed by atoms with Gasteiger partial charge in [0.2, 0.25) is 5.88 Å². The van der Waals surface area contributed by atoms with Crippen LogP contribution >= 0.6 is 0 Å². The zero-order valence-electron chi connectivity index (χ0n) is 22.1. The van der Waals surface area contributed by atoms with Crippen LogP contribution in [0, 0.1) is 17.2 Å². The molecule has 4 aromatic rings. The minimum atomic E-state index is -0.258. The number of nitrogens with zero attached hydrogens (tertiary/aromatic N) is 3. The topological polar surface area (TPSA) is 69.0 Å². The van der Waals surface area contributed by atoms with Gasteiger partial charge in [0.05, 0.1) is 30.7 Å². The molecule has 0 bridgehead atoms. The van der Waals surface area contributed by atoms with Gasteiger partial charge in [0, 0.05) is 6.20 Å². The molecule has 6 nitrogen and oxygen atoms in total. The third kappa shape index (κ3) is 4.62. The van der Waals surface area contributed by atoms with Gasteiger partial charge in [-0.2, -0.15) is 5.10 Å². The maximum atomic E-state index is 13.5. The number of fused-ring (bicyclic) bond motifs is 2. The standard InChI is InChI=1S/C32H31FN4O2/c1-32-19-22-20-35-37(26-14-12-25(33)13-15-26)29(22)18-24(32)11-10-23(32)17-28(21-7-4-3-5-8-21)36-30(38)27-9-6-16-34-31(27)39-2/h3-9,12-16,18,20,23,28H,10-11,17,19H2,1-2H3,(H,36,38). The highest BCUT2D eigenvalue weighted by molar-refractivity contribution is 5.96. The summed E-state index contributed by atoms with van der Waals surface area (Å²) in [5, 5.41) is 7.94. The molecule has 1 saturated carbocycles. The maximum absolute atomic E-state index is 13.5. The summed E-state index contributed by atoms with van der Waals surface area (Å²) in [4.78, 5) is 17.6. The van der Waals surface area contributed by atoms with Gasteiger partial charge in [-0.25, -0.2) is 14.1 Å². The van der Waals surface area contributed by atoms with Crippen LogP contribution in [0.25, 0.3) is 11.8 Å². The smallest absolute Gasteiger partial charge is 0.257 e. The molecule has 1 fully saturated rings. The molecule has 0 spiro atoms. The summed E-state index contributed by atoms with van der Waals surface area (Å²) in [6, 6.07) is 19.9. The van der Waals surface area contributed by atoms with Crippen molar-refractivity contribution in [2.75, 3.05) is 7.11 Å². The van der Waals surface area contributed by atoms with E-state index in [1.807, 2.05) is 29.1 Å². The van der Waals surface area contributed by atoms with Gasteiger partial charge in [-0.15, -0.1) is 0 Å². The Labute approximate surface area is 227 Å². The van der Waals surface area contributed by atoms with Crippen LogP contribution in [-0.4, -0.2) is 27.8 Å². The highest BCUT2D eigenvalue weighted by atomic mass is 19.1. The van der Waals surface area contributed by atoms with Crippen molar-refractivity contribution in [1.82, 2.24) is 20.1 Å². The Bertz CT molecular complexity index is 1530. The number of pyridine rings is 1. The molecule has 3 atom stereocenters. The maximum Gasteiger partial charge on any atom is 0.257 e. The highest BCUT2D eigenvalue weighted by Gasteiger charge is 2.46. The molecule has 7 heteroatoms. The lowest BCUT2D eigenvalue weighted by Crippen LogP contribution is -2.35. The fourth-order valence-electron chi connectivity index (χ4n) is 6.31. The van der Waals surface area contributed by atoms with E-state index in [-0.39, 0.29) is 23.2 Å². The third-order valence-electron chi connectivity index (χ3n) is 8.46. The Hall–Kier alpha value is -4.26. The number of benzene rings is 2. The zero-order chi connectivity index (χ0) is 27.0. The van der Waals surface area contributed by atoms with E-state index in [9.17, 15) is 9.18 Å². The first-order chi connectivity index (χ1) is 19.0. The molecule has 2 aromatic heterocycles. The number of aromatic nitrogens is 3. The first-order valence-electron chi connectivity index (χ1n) is 13.3. The van der Waals surface area contributed by atoms with Gasteiger partial charge in [0.1, 0.15) is 11.4 Å². The van der Waals surface area contributed by atoms with E-state index in [1.165, 1.54) is 30.4 Å². The summed E-state index contributed by atoms with van der Waals surface area (Å²) < 4.78 is 20.7. The van der Waals surface area contributed by atoms with E-state index < -0.39 is 0 Å². The second kappa shape index (κ2) is 10.1. The van der Waals surface area contributed by atoms with Gasteiger partial charge in [0.25, 0.3) is 5.91 Å². The number of halogens is 1. The van der Waals surface area contributed by atoms with E-state index in [2.05, 4.69) is 40.5 Å². The molecule has 1 amide bonds. The van der Waals surface area contributed by atoms with Crippen molar-refractivity contribution in [3.8, 4) is 11.6 Å². The second-order valence-electron chi connectivity index (χ2n) is 10.7. The lowest BCUT2D eigenvalue weighted by atomic mass is 9.68. The van der Waals surface area contributed by atoms with Crippen molar-refractivity contribution >= 4 is 12.0 Å². The lowest BCUT2D eigenvalue weighted by molar-refractivity contribution is 0.0919. The molecule has 2 aliphatic rings. The molecule has 0 radical (unpaired) electrons. The zero-order valence-corrected chi connectivity index (χ0v) is 22.1. The lowest BCUT2D eigenvalue weighted by Gasteiger charge is -2.37. The predicted molar refractivity (Wildman–Crippen MR) is 148 cm³/mol. The Morgan fingerprint density at radius 1 is 1.15 bits per heavy atom. The molecule has 0 saturated heterocycles. The van der Waals surface area contributed by atoms with Crippen LogP contribution in [0.5, 0.6) is 5.88 Å². The second-order valence-corrected chi connectivity index (χ2v) is 10.7. The molecule has 2 aromatic carbocycles. The van der Waals surface area contributed by atoms with Gasteiger partial charge in [-0.05, 0) is 90.6 Å². The number of methoxy groups -OCH3 is 1. The van der Waals surface area contributed by atoms with Crippen LogP contribution in [-0.2, 0) is 6.42 Å². The summed E-state index contributed by atoms with van der Waals surface area (Å²) in [6.07, 6.45) is 9.59. The van der Waals surface area contributed by atoms with Crippen LogP contribution in [0.4, 0.5) is 4.39 Å². The highest BCUT2D eigenvalue weighted by Crippen LogP contribution is 2.55. The van der Waals surface area contributed by atoms with Gasteiger partial charge in [-0.1, -0.05) is 42.8 Å². The van der Waals surface area contributed by atoms with Gasteiger partial charge < -0.3 is 10.1 Å². The molecule has 198 valence electrons. The van der Waals surface area contributed by atoms with Crippen LogP contribution in [0.2, 0.25) is 0 Å². The van der Waals surface area contributed by atoms with E-state index in [1.54, 1.807) is 30.5 Å². The number of amides is 1. The fraction of sp³-hybridized carbons (Fsp3) is 0.281. The monoisotopic (exact) mass is 522 g/mol. The van der Waals surface area contributed by atoms with Crippen LogP contribution in [0.3, 0.4) is 0 Å². The Morgan fingerprint density at radius 2 is 1.95 bits per heavy atom. The number of ether oxygens (including phenoxy) is 1. The van der Waals surface area contributed by atoms with Crippen LogP contribution < -0.4 is 10.1 Å². The van der Waals surface area contributed by atoms with Crippen molar-refractivity contribution in [3.63, 3.8) is 0 Å². The Morgan fingerprint density at radius 3 is 2.72 bits per heavy atom. The van der Waals surface area contributed by atoms with E-state index >= 15 is 0 Å². The van der Waals surface area contributed by atoms with Crippen molar-refractivity contribution in [2.24, 2.45) is 11.3 Å². The van der Waals surface area contributed by atoms with Crippen molar-refractivity contribution < 1.29 is 13.9 Å². The number of allylic oxidation sites excluding steroid dienone is 1. The first-order valence-corrected chi connectivity index (χ1v) is 13.3. The minimum Gasteiger partial charge on any atom is -0.480 e. The van der Waals surface area contributed by atoms with E-state index in [4.69, 9.17) is 4.74 Å². The average Bonchev–Trinajstić information content (AvgIpc) is 3.51. The number of carbonyl (C=O) groups excluding carboxylic acids is 1. The third-order valence-corrected chi connectivity index (χ3v) is 8.46. The van der Waals surface area contributed by atoms with E-state index in [0.29, 0.717) is 17.4 Å². The van der Waals surface area contributed by atoms with Crippen molar-refractivity contribution in [3.05, 3.63) is 113 Å². The van der Waals surface area contributed by atoms with Gasteiger partial charge in [0.15, 0.2) is 0 Å². The number of hydrogen-bond acceptors (Lipinski definition) is 4. The predicted octanol–water partition coefficient (Wildman–Crippen LogP) is 6.33. The quantitative estimate of drug-likeness (QED) is 0.308. The van der Waals surface area contributed by atoms with E-state index in [0.717, 1.165) is 42.6 Å². The molecule has 3 unspecified atom stereocenters. The van der Waals surface area contributed by atoms with Crippen LogP contribution in [0.15, 0.2) is 84.7 Å². The SMILES string of the molecule is COc1ncccc1C(=O)NC(CC1CCC2=Cc3c(cnn3-c3ccc(F)cc3)CC21C)c1ccccc1.